The highest BCUT2D eigenvalue weighted by molar-refractivity contribution is 5.82. The Morgan fingerprint density at radius 3 is 2.62 bits per heavy atom. The molecule has 0 rings (SSSR count). The summed E-state index contributed by atoms with van der Waals surface area (Å²) in [7, 11) is 1.56. The molecule has 4 N–H and O–H groups in total. The predicted molar refractivity (Wildman–Crippen MR) is 62.9 cm³/mol. The zero-order valence-electron chi connectivity index (χ0n) is 10.4. The highest BCUT2D eigenvalue weighted by Gasteiger charge is 2.21. The molecule has 0 aliphatic heterocycles. The van der Waals surface area contributed by atoms with Crippen molar-refractivity contribution in [2.24, 2.45) is 11.7 Å². The average Bonchev–Trinajstić information content (AvgIpc) is 2.27. The number of nitrogens with one attached hydrogen (secondary N) is 1. The van der Waals surface area contributed by atoms with Crippen LogP contribution in [0, 0.1) is 5.92 Å². The maximum atomic E-state index is 11.7. The van der Waals surface area contributed by atoms with Gasteiger partial charge in [0.2, 0.25) is 5.91 Å². The molecule has 5 nitrogen and oxygen atoms in total. The van der Waals surface area contributed by atoms with Gasteiger partial charge in [-0.25, -0.2) is 0 Å². The number of aliphatic hydroxyl groups is 1. The molecular formula is C11H24N2O3. The number of carbonyl (C=O) groups is 1. The summed E-state index contributed by atoms with van der Waals surface area (Å²) in [6.45, 7) is 4.35. The third-order valence-corrected chi connectivity index (χ3v) is 2.75. The van der Waals surface area contributed by atoms with E-state index >= 15 is 0 Å². The summed E-state index contributed by atoms with van der Waals surface area (Å²) in [6, 6.07) is -0.666. The van der Waals surface area contributed by atoms with Gasteiger partial charge in [0.25, 0.3) is 0 Å². The van der Waals surface area contributed by atoms with Gasteiger partial charge in [0.05, 0.1) is 18.7 Å². The van der Waals surface area contributed by atoms with Gasteiger partial charge in [-0.05, 0) is 12.3 Å². The van der Waals surface area contributed by atoms with Crippen LogP contribution >= 0.6 is 0 Å². The molecule has 0 heterocycles. The van der Waals surface area contributed by atoms with Crippen LogP contribution in [-0.4, -0.2) is 43.4 Å². The highest BCUT2D eigenvalue weighted by atomic mass is 16.5. The molecule has 0 spiro atoms. The number of amides is 1. The number of hydrogen-bond acceptors (Lipinski definition) is 4. The minimum absolute atomic E-state index is 0.0207. The Hall–Kier alpha value is -0.650. The van der Waals surface area contributed by atoms with Crippen LogP contribution in [0.15, 0.2) is 0 Å². The minimum Gasteiger partial charge on any atom is -0.396 e. The molecule has 1 amide bonds. The Morgan fingerprint density at radius 1 is 1.56 bits per heavy atom. The first kappa shape index (κ1) is 15.3. The quantitative estimate of drug-likeness (QED) is 0.544. The van der Waals surface area contributed by atoms with E-state index in [-0.39, 0.29) is 24.5 Å². The van der Waals surface area contributed by atoms with Crippen molar-refractivity contribution in [1.82, 2.24) is 5.32 Å². The molecule has 0 saturated carbocycles. The monoisotopic (exact) mass is 232 g/mol. The van der Waals surface area contributed by atoms with Crippen LogP contribution in [0.1, 0.15) is 26.7 Å². The summed E-state index contributed by atoms with van der Waals surface area (Å²) >= 11 is 0. The fourth-order valence-electron chi connectivity index (χ4n) is 1.36. The topological polar surface area (TPSA) is 84.6 Å². The van der Waals surface area contributed by atoms with Crippen LogP contribution in [0.4, 0.5) is 0 Å². The second kappa shape index (κ2) is 8.50. The molecule has 16 heavy (non-hydrogen) atoms. The van der Waals surface area contributed by atoms with Crippen molar-refractivity contribution in [3.05, 3.63) is 0 Å². The van der Waals surface area contributed by atoms with E-state index in [0.29, 0.717) is 13.0 Å². The van der Waals surface area contributed by atoms with Crippen molar-refractivity contribution in [2.75, 3.05) is 20.3 Å². The third-order valence-electron chi connectivity index (χ3n) is 2.75. The first-order valence-corrected chi connectivity index (χ1v) is 5.72. The van der Waals surface area contributed by atoms with Gasteiger partial charge in [0.15, 0.2) is 0 Å². The average molecular weight is 232 g/mol. The number of rotatable bonds is 8. The molecule has 0 aliphatic carbocycles. The second-order valence-corrected chi connectivity index (χ2v) is 4.08. The molecule has 0 bridgehead atoms. The number of methoxy groups -OCH3 is 1. The normalized spacial score (nSPS) is 16.6. The molecule has 0 aromatic heterocycles. The molecule has 5 heteroatoms. The largest absolute Gasteiger partial charge is 0.396 e. The second-order valence-electron chi connectivity index (χ2n) is 4.08. The lowest BCUT2D eigenvalue weighted by atomic mass is 9.99. The molecule has 0 saturated heterocycles. The summed E-state index contributed by atoms with van der Waals surface area (Å²) in [4.78, 5) is 11.7. The van der Waals surface area contributed by atoms with Gasteiger partial charge >= 0.3 is 0 Å². The van der Waals surface area contributed by atoms with Crippen LogP contribution in [0.25, 0.3) is 0 Å². The molecule has 0 aliphatic rings. The Bertz CT molecular complexity index is 194. The number of nitrogens with two attached hydrogens (primary N) is 1. The van der Waals surface area contributed by atoms with Crippen LogP contribution < -0.4 is 11.1 Å². The van der Waals surface area contributed by atoms with E-state index in [1.54, 1.807) is 7.11 Å². The summed E-state index contributed by atoms with van der Waals surface area (Å²) in [5.41, 5.74) is 5.80. The molecule has 1 unspecified atom stereocenters. The van der Waals surface area contributed by atoms with E-state index in [2.05, 4.69) is 5.32 Å². The van der Waals surface area contributed by atoms with Gasteiger partial charge in [0.1, 0.15) is 0 Å². The van der Waals surface area contributed by atoms with Gasteiger partial charge in [0, 0.05) is 13.7 Å². The number of hydrogen-bond donors (Lipinski definition) is 3. The SMILES string of the molecule is CC[C@H](C)[C@H](N)C(=O)NC(CCO)COC. The molecule has 3 atom stereocenters. The first-order chi connectivity index (χ1) is 7.56. The predicted octanol–water partition coefficient (Wildman–Crippen LogP) is -0.127. The summed E-state index contributed by atoms with van der Waals surface area (Å²) in [5.74, 6) is -0.0258. The van der Waals surface area contributed by atoms with Crippen LogP contribution in [-0.2, 0) is 9.53 Å². The maximum Gasteiger partial charge on any atom is 0.237 e. The molecule has 0 fully saturated rings. The van der Waals surface area contributed by atoms with Crippen molar-refractivity contribution in [3.8, 4) is 0 Å². The van der Waals surface area contributed by atoms with Crippen molar-refractivity contribution in [3.63, 3.8) is 0 Å². The Morgan fingerprint density at radius 2 is 2.19 bits per heavy atom. The van der Waals surface area contributed by atoms with Crippen molar-refractivity contribution >= 4 is 5.91 Å². The number of carbonyl (C=O) groups excluding carboxylic acids is 1. The smallest absolute Gasteiger partial charge is 0.237 e. The van der Waals surface area contributed by atoms with Crippen LogP contribution in [0.5, 0.6) is 0 Å². The lowest BCUT2D eigenvalue weighted by Crippen LogP contribution is -2.49. The van der Waals surface area contributed by atoms with Crippen molar-refractivity contribution < 1.29 is 14.6 Å². The van der Waals surface area contributed by atoms with E-state index in [1.807, 2.05) is 13.8 Å². The van der Waals surface area contributed by atoms with Crippen molar-refractivity contribution in [1.29, 1.82) is 0 Å². The molecule has 0 aromatic rings. The first-order valence-electron chi connectivity index (χ1n) is 5.72. The maximum absolute atomic E-state index is 11.7. The van der Waals surface area contributed by atoms with E-state index in [9.17, 15) is 4.79 Å². The van der Waals surface area contributed by atoms with Crippen LogP contribution in [0.3, 0.4) is 0 Å². The van der Waals surface area contributed by atoms with Crippen molar-refractivity contribution in [2.45, 2.75) is 38.8 Å². The molecule has 96 valence electrons. The lowest BCUT2D eigenvalue weighted by Gasteiger charge is -2.22. The van der Waals surface area contributed by atoms with Gasteiger partial charge < -0.3 is 20.9 Å². The minimum atomic E-state index is -0.497. The zero-order chi connectivity index (χ0) is 12.6. The van der Waals surface area contributed by atoms with E-state index in [1.165, 1.54) is 0 Å². The van der Waals surface area contributed by atoms with E-state index in [4.69, 9.17) is 15.6 Å². The molecule has 0 radical (unpaired) electrons. The summed E-state index contributed by atoms with van der Waals surface area (Å²) in [6.07, 6.45) is 1.34. The van der Waals surface area contributed by atoms with E-state index in [0.717, 1.165) is 6.42 Å². The van der Waals surface area contributed by atoms with Gasteiger partial charge in [-0.15, -0.1) is 0 Å². The summed E-state index contributed by atoms with van der Waals surface area (Å²) in [5, 5.41) is 11.6. The third kappa shape index (κ3) is 5.44. The number of ether oxygens (including phenoxy) is 1. The lowest BCUT2D eigenvalue weighted by molar-refractivity contribution is -0.124. The Labute approximate surface area is 97.3 Å². The van der Waals surface area contributed by atoms with Gasteiger partial charge in [-0.3, -0.25) is 4.79 Å². The summed E-state index contributed by atoms with van der Waals surface area (Å²) < 4.78 is 4.96. The zero-order valence-corrected chi connectivity index (χ0v) is 10.4. The fourth-order valence-corrected chi connectivity index (χ4v) is 1.36. The Kier molecular flexibility index (Phi) is 8.15. The highest BCUT2D eigenvalue weighted by Crippen LogP contribution is 2.05. The Balaban J connectivity index is 4.16. The molecule has 0 aromatic carbocycles. The standard InChI is InChI=1S/C11H24N2O3/c1-4-8(2)10(12)11(15)13-9(5-6-14)7-16-3/h8-10,14H,4-7,12H2,1-3H3,(H,13,15)/t8-,9?,10-/m0/s1. The fraction of sp³-hybridized carbons (Fsp3) is 0.909. The van der Waals surface area contributed by atoms with E-state index < -0.39 is 6.04 Å². The van der Waals surface area contributed by atoms with Crippen LogP contribution in [0.2, 0.25) is 0 Å². The van der Waals surface area contributed by atoms with Gasteiger partial charge in [-0.1, -0.05) is 20.3 Å². The number of aliphatic hydroxyl groups excluding tert-OH is 1. The van der Waals surface area contributed by atoms with Gasteiger partial charge in [-0.2, -0.15) is 0 Å². The molecular weight excluding hydrogens is 208 g/mol.